The zero-order valence-electron chi connectivity index (χ0n) is 8.08. The molecule has 0 spiro atoms. The van der Waals surface area contributed by atoms with E-state index in [1.165, 1.54) is 0 Å². The predicted octanol–water partition coefficient (Wildman–Crippen LogP) is 0.480. The Labute approximate surface area is 77.8 Å². The van der Waals surface area contributed by atoms with Gasteiger partial charge in [0, 0.05) is 12.8 Å². The van der Waals surface area contributed by atoms with Crippen LogP contribution in [0.4, 0.5) is 0 Å². The van der Waals surface area contributed by atoms with Crippen molar-refractivity contribution in [3.8, 4) is 0 Å². The molecule has 1 rings (SSSR count). The maximum Gasteiger partial charge on any atom is 0.166 e. The number of Topliss-reactive ketones (excluding diaryl/α,β-unsaturated/α-hetero) is 1. The van der Waals surface area contributed by atoms with Crippen LogP contribution < -0.4 is 0 Å². The van der Waals surface area contributed by atoms with Gasteiger partial charge in [-0.1, -0.05) is 0 Å². The first kappa shape index (κ1) is 10.6. The molecule has 4 heteroatoms. The highest BCUT2D eigenvalue weighted by Crippen LogP contribution is 2.27. The zero-order valence-corrected chi connectivity index (χ0v) is 8.08. The molecule has 4 nitrogen and oxygen atoms in total. The van der Waals surface area contributed by atoms with E-state index in [0.29, 0.717) is 19.4 Å². The van der Waals surface area contributed by atoms with Gasteiger partial charge in [-0.25, -0.2) is 0 Å². The van der Waals surface area contributed by atoms with Crippen LogP contribution in [0, 0.1) is 0 Å². The summed E-state index contributed by atoms with van der Waals surface area (Å²) < 4.78 is 10.8. The Bertz CT molecular complexity index is 192. The molecule has 0 aromatic carbocycles. The summed E-state index contributed by atoms with van der Waals surface area (Å²) in [5.41, 5.74) is 0. The van der Waals surface area contributed by atoms with E-state index in [1.807, 2.05) is 0 Å². The van der Waals surface area contributed by atoms with E-state index in [2.05, 4.69) is 0 Å². The fourth-order valence-corrected chi connectivity index (χ4v) is 1.31. The molecule has 1 N–H and O–H groups in total. The number of rotatable bonds is 4. The van der Waals surface area contributed by atoms with Crippen LogP contribution in [0.15, 0.2) is 0 Å². The second-order valence-corrected chi connectivity index (χ2v) is 3.57. The molecule has 1 aliphatic rings. The second kappa shape index (κ2) is 4.17. The lowest BCUT2D eigenvalue weighted by atomic mass is 10.1. The number of aliphatic hydroxyl groups excluding tert-OH is 1. The maximum absolute atomic E-state index is 10.7. The molecule has 0 aromatic rings. The number of carbonyl (C=O) groups is 1. The Morgan fingerprint density at radius 3 is 2.85 bits per heavy atom. The van der Waals surface area contributed by atoms with Gasteiger partial charge in [0.05, 0.1) is 13.2 Å². The van der Waals surface area contributed by atoms with E-state index in [1.54, 1.807) is 13.8 Å². The highest BCUT2D eigenvalue weighted by molar-refractivity contribution is 5.75. The molecule has 13 heavy (non-hydrogen) atoms. The molecule has 2 atom stereocenters. The smallest absolute Gasteiger partial charge is 0.166 e. The van der Waals surface area contributed by atoms with Gasteiger partial charge in [0.2, 0.25) is 0 Å². The molecular weight excluding hydrogens is 172 g/mol. The molecule has 0 aliphatic carbocycles. The zero-order chi connectivity index (χ0) is 9.90. The van der Waals surface area contributed by atoms with Crippen molar-refractivity contribution < 1.29 is 19.4 Å². The second-order valence-electron chi connectivity index (χ2n) is 3.57. The molecule has 1 saturated heterocycles. The van der Waals surface area contributed by atoms with Crippen LogP contribution in [0.3, 0.4) is 0 Å². The first-order valence-electron chi connectivity index (χ1n) is 4.48. The monoisotopic (exact) mass is 188 g/mol. The minimum atomic E-state index is -0.681. The molecule has 1 fully saturated rings. The van der Waals surface area contributed by atoms with Crippen LogP contribution >= 0.6 is 0 Å². The van der Waals surface area contributed by atoms with Crippen molar-refractivity contribution in [3.05, 3.63) is 0 Å². The summed E-state index contributed by atoms with van der Waals surface area (Å²) in [7, 11) is 0. The lowest BCUT2D eigenvalue weighted by Crippen LogP contribution is -2.28. The van der Waals surface area contributed by atoms with Crippen molar-refractivity contribution >= 4 is 5.78 Å². The van der Waals surface area contributed by atoms with Gasteiger partial charge in [-0.05, 0) is 13.8 Å². The lowest BCUT2D eigenvalue weighted by Gasteiger charge is -2.22. The number of carbonyl (C=O) groups excluding carboxylic acids is 1. The van der Waals surface area contributed by atoms with Gasteiger partial charge in [-0.15, -0.1) is 0 Å². The van der Waals surface area contributed by atoms with Gasteiger partial charge in [-0.3, -0.25) is 0 Å². The van der Waals surface area contributed by atoms with Crippen LogP contribution in [-0.2, 0) is 14.3 Å². The van der Waals surface area contributed by atoms with Gasteiger partial charge in [0.15, 0.2) is 5.79 Å². The maximum atomic E-state index is 10.7. The average Bonchev–Trinajstić information content (AvgIpc) is 2.45. The van der Waals surface area contributed by atoms with Gasteiger partial charge in [-0.2, -0.15) is 0 Å². The standard InChI is InChI=1S/C9H16O4/c1-7(11)3-4-9(2)12-6-8(5-10)13-9/h8,10H,3-6H2,1-2H3. The molecule has 0 amide bonds. The predicted molar refractivity (Wildman–Crippen MR) is 46.2 cm³/mol. The fourth-order valence-electron chi connectivity index (χ4n) is 1.31. The number of ketones is 1. The fraction of sp³-hybridized carbons (Fsp3) is 0.889. The summed E-state index contributed by atoms with van der Waals surface area (Å²) in [6, 6.07) is 0. The first-order chi connectivity index (χ1) is 6.06. The van der Waals surface area contributed by atoms with E-state index in [9.17, 15) is 4.79 Å². The summed E-state index contributed by atoms with van der Waals surface area (Å²) in [5.74, 6) is -0.556. The highest BCUT2D eigenvalue weighted by Gasteiger charge is 2.36. The van der Waals surface area contributed by atoms with Gasteiger partial charge >= 0.3 is 0 Å². The topological polar surface area (TPSA) is 55.8 Å². The first-order valence-corrected chi connectivity index (χ1v) is 4.48. The van der Waals surface area contributed by atoms with Crippen molar-refractivity contribution in [2.45, 2.75) is 38.6 Å². The van der Waals surface area contributed by atoms with Gasteiger partial charge < -0.3 is 19.4 Å². The van der Waals surface area contributed by atoms with E-state index < -0.39 is 5.79 Å². The normalized spacial score (nSPS) is 33.6. The van der Waals surface area contributed by atoms with E-state index in [-0.39, 0.29) is 18.5 Å². The molecule has 0 bridgehead atoms. The number of hydrogen-bond acceptors (Lipinski definition) is 4. The number of hydrogen-bond donors (Lipinski definition) is 1. The van der Waals surface area contributed by atoms with E-state index >= 15 is 0 Å². The van der Waals surface area contributed by atoms with Crippen molar-refractivity contribution in [2.75, 3.05) is 13.2 Å². The Balaban J connectivity index is 2.35. The van der Waals surface area contributed by atoms with E-state index in [0.717, 1.165) is 0 Å². The van der Waals surface area contributed by atoms with E-state index in [4.69, 9.17) is 14.6 Å². The van der Waals surface area contributed by atoms with Crippen LogP contribution in [0.25, 0.3) is 0 Å². The molecule has 0 aromatic heterocycles. The lowest BCUT2D eigenvalue weighted by molar-refractivity contribution is -0.164. The SMILES string of the molecule is CC(=O)CCC1(C)OCC(CO)O1. The van der Waals surface area contributed by atoms with Crippen LogP contribution in [-0.4, -0.2) is 36.0 Å². The van der Waals surface area contributed by atoms with Crippen LogP contribution in [0.5, 0.6) is 0 Å². The van der Waals surface area contributed by atoms with Crippen molar-refractivity contribution in [3.63, 3.8) is 0 Å². The van der Waals surface area contributed by atoms with Crippen LogP contribution in [0.2, 0.25) is 0 Å². The molecule has 0 radical (unpaired) electrons. The van der Waals surface area contributed by atoms with Crippen molar-refractivity contribution in [1.29, 1.82) is 0 Å². The quantitative estimate of drug-likeness (QED) is 0.697. The number of ether oxygens (including phenoxy) is 2. The Morgan fingerprint density at radius 2 is 2.38 bits per heavy atom. The molecule has 76 valence electrons. The van der Waals surface area contributed by atoms with Crippen molar-refractivity contribution in [2.24, 2.45) is 0 Å². The highest BCUT2D eigenvalue weighted by atomic mass is 16.7. The minimum absolute atomic E-state index is 0.0321. The Hall–Kier alpha value is -0.450. The largest absolute Gasteiger partial charge is 0.394 e. The third-order valence-electron chi connectivity index (χ3n) is 2.13. The Morgan fingerprint density at radius 1 is 1.69 bits per heavy atom. The molecular formula is C9H16O4. The van der Waals surface area contributed by atoms with Gasteiger partial charge in [0.1, 0.15) is 11.9 Å². The summed E-state index contributed by atoms with van der Waals surface area (Å²) in [6.07, 6.45) is 0.768. The molecule has 1 heterocycles. The average molecular weight is 188 g/mol. The molecule has 2 unspecified atom stereocenters. The van der Waals surface area contributed by atoms with Gasteiger partial charge in [0.25, 0.3) is 0 Å². The molecule has 0 saturated carbocycles. The summed E-state index contributed by atoms with van der Waals surface area (Å²) in [5, 5.41) is 8.80. The third kappa shape index (κ3) is 3.06. The Kier molecular flexibility index (Phi) is 3.41. The minimum Gasteiger partial charge on any atom is -0.394 e. The third-order valence-corrected chi connectivity index (χ3v) is 2.13. The van der Waals surface area contributed by atoms with Crippen LogP contribution in [0.1, 0.15) is 26.7 Å². The summed E-state index contributed by atoms with van der Waals surface area (Å²) in [4.78, 5) is 10.7. The molecule has 1 aliphatic heterocycles. The summed E-state index contributed by atoms with van der Waals surface area (Å²) in [6.45, 7) is 3.72. The number of aliphatic hydroxyl groups is 1. The van der Waals surface area contributed by atoms with Crippen molar-refractivity contribution in [1.82, 2.24) is 0 Å². The summed E-state index contributed by atoms with van der Waals surface area (Å²) >= 11 is 0.